The van der Waals surface area contributed by atoms with Crippen LogP contribution in [0.3, 0.4) is 0 Å². The van der Waals surface area contributed by atoms with Gasteiger partial charge in [0.25, 0.3) is 0 Å². The molecule has 3 aliphatic heterocycles. The van der Waals surface area contributed by atoms with Crippen molar-refractivity contribution < 1.29 is 52.7 Å². The molecule has 0 amide bonds. The average Bonchev–Trinajstić information content (AvgIpc) is 3.40. The van der Waals surface area contributed by atoms with Crippen LogP contribution in [0.25, 0.3) is 0 Å². The van der Waals surface area contributed by atoms with E-state index in [2.05, 4.69) is 4.98 Å². The molecule has 0 saturated carbocycles. The van der Waals surface area contributed by atoms with E-state index in [1.807, 2.05) is 25.9 Å². The van der Waals surface area contributed by atoms with E-state index in [0.29, 0.717) is 12.2 Å². The lowest BCUT2D eigenvalue weighted by atomic mass is 9.70. The van der Waals surface area contributed by atoms with Crippen molar-refractivity contribution >= 4 is 41.3 Å². The first-order valence-electron chi connectivity index (χ1n) is 19.9. The van der Waals surface area contributed by atoms with Crippen molar-refractivity contribution in [1.82, 2.24) is 14.5 Å². The van der Waals surface area contributed by atoms with Crippen molar-refractivity contribution in [2.75, 3.05) is 32.7 Å². The van der Waals surface area contributed by atoms with E-state index < -0.39 is 100 Å². The number of fused-ring (bicyclic) bond motifs is 1. The van der Waals surface area contributed by atoms with E-state index in [-0.39, 0.29) is 43.1 Å². The van der Waals surface area contributed by atoms with Crippen LogP contribution in [0, 0.1) is 29.6 Å². The van der Waals surface area contributed by atoms with Gasteiger partial charge in [-0.15, -0.1) is 11.8 Å². The fourth-order valence-electron chi connectivity index (χ4n) is 9.09. The van der Waals surface area contributed by atoms with Gasteiger partial charge in [0.15, 0.2) is 18.0 Å². The number of carbonyl (C=O) groups is 4. The Morgan fingerprint density at radius 2 is 1.77 bits per heavy atom. The number of aliphatic hydroxyl groups excluding tert-OH is 1. The van der Waals surface area contributed by atoms with Crippen LogP contribution in [-0.4, -0.2) is 130 Å². The molecule has 57 heavy (non-hydrogen) atoms. The number of anilines is 1. The molecule has 0 radical (unpaired) electrons. The van der Waals surface area contributed by atoms with Crippen LogP contribution in [0.4, 0.5) is 5.82 Å². The number of aryl methyl sites for hydroxylation is 1. The quantitative estimate of drug-likeness (QED) is 0.257. The topological polar surface area (TPSA) is 208 Å². The second kappa shape index (κ2) is 18.9. The average molecular weight is 825 g/mol. The highest BCUT2D eigenvalue weighted by molar-refractivity contribution is 8.00. The van der Waals surface area contributed by atoms with Gasteiger partial charge >= 0.3 is 23.6 Å². The van der Waals surface area contributed by atoms with Gasteiger partial charge in [0.05, 0.1) is 35.9 Å². The molecule has 3 fully saturated rings. The Kier molecular flexibility index (Phi) is 15.4. The Bertz CT molecular complexity index is 1660. The molecule has 0 aliphatic carbocycles. The van der Waals surface area contributed by atoms with E-state index in [0.717, 1.165) is 0 Å². The molecule has 17 heteroatoms. The zero-order valence-electron chi connectivity index (χ0n) is 35.5. The standard InChI is InChI=1S/C40H64N4O12S/c1-13-27-40(9)29(33(36(49)56-40)57-17-16-44-15-14-28(41)42-38(44)50)22(4)30(46)20(2)19-39(8,51-12)34(23(5)31(47)24(6)35(48)54-27)55-37-32(53-25(7)45)26(43(10)11)18-21(3)52-37/h14-15,20-24,26-27,29,31-34,37,47H,13,16-19H2,1-12H3,(H2,41,42,50)/t20-,21-,22-,23+,24-,26+,27-,29+,31+,32-,33+,34-,37+,39-,40-/m1/s1. The number of cyclic esters (lactones) is 1. The number of aromatic nitrogens is 2. The molecule has 1 aromatic rings. The number of carbonyl (C=O) groups excluding carboxylic acids is 4. The highest BCUT2D eigenvalue weighted by atomic mass is 32.2. The van der Waals surface area contributed by atoms with Crippen molar-refractivity contribution in [3.05, 3.63) is 22.7 Å². The summed E-state index contributed by atoms with van der Waals surface area (Å²) in [6.45, 7) is 15.6. The normalized spacial score (nSPS) is 39.5. The number of esters is 3. The molecule has 16 nitrogen and oxygen atoms in total. The fraction of sp³-hybridized carbons (Fsp3) is 0.800. The second-order valence-electron chi connectivity index (χ2n) is 16.7. The summed E-state index contributed by atoms with van der Waals surface area (Å²) in [6, 6.07) is 1.24. The maximum atomic E-state index is 14.7. The number of ether oxygens (including phenoxy) is 6. The van der Waals surface area contributed by atoms with Gasteiger partial charge in [-0.3, -0.25) is 23.7 Å². The minimum Gasteiger partial charge on any atom is -0.458 e. The van der Waals surface area contributed by atoms with Gasteiger partial charge < -0.3 is 44.2 Å². The largest absolute Gasteiger partial charge is 0.458 e. The van der Waals surface area contributed by atoms with Gasteiger partial charge in [-0.25, -0.2) is 4.79 Å². The number of thioether (sulfide) groups is 1. The fourth-order valence-corrected chi connectivity index (χ4v) is 10.5. The maximum Gasteiger partial charge on any atom is 0.349 e. The van der Waals surface area contributed by atoms with Gasteiger partial charge in [-0.05, 0) is 67.1 Å². The molecule has 3 N–H and O–H groups in total. The van der Waals surface area contributed by atoms with Gasteiger partial charge in [-0.1, -0.05) is 27.7 Å². The van der Waals surface area contributed by atoms with E-state index in [9.17, 15) is 29.1 Å². The van der Waals surface area contributed by atoms with Crippen LogP contribution in [-0.2, 0) is 54.1 Å². The highest BCUT2D eigenvalue weighted by Gasteiger charge is 2.61. The molecule has 4 heterocycles. The Morgan fingerprint density at radius 3 is 2.35 bits per heavy atom. The van der Waals surface area contributed by atoms with Crippen LogP contribution < -0.4 is 11.4 Å². The lowest BCUT2D eigenvalue weighted by Crippen LogP contribution is -2.60. The highest BCUT2D eigenvalue weighted by Crippen LogP contribution is 2.49. The predicted octanol–water partition coefficient (Wildman–Crippen LogP) is 2.85. The van der Waals surface area contributed by atoms with E-state index in [4.69, 9.17) is 34.2 Å². The molecule has 4 rings (SSSR count). The van der Waals surface area contributed by atoms with Crippen LogP contribution in [0.2, 0.25) is 0 Å². The zero-order valence-corrected chi connectivity index (χ0v) is 36.3. The summed E-state index contributed by atoms with van der Waals surface area (Å²) >= 11 is 1.26. The first kappa shape index (κ1) is 46.6. The van der Waals surface area contributed by atoms with Gasteiger partial charge in [-0.2, -0.15) is 4.98 Å². The van der Waals surface area contributed by atoms with Crippen molar-refractivity contribution in [3.8, 4) is 0 Å². The smallest absolute Gasteiger partial charge is 0.349 e. The monoisotopic (exact) mass is 824 g/mol. The first-order chi connectivity index (χ1) is 26.6. The van der Waals surface area contributed by atoms with Crippen molar-refractivity contribution in [2.45, 2.75) is 147 Å². The zero-order chi connectivity index (χ0) is 42.7. The summed E-state index contributed by atoms with van der Waals surface area (Å²) in [6.07, 6.45) is -3.08. The molecule has 0 bridgehead atoms. The van der Waals surface area contributed by atoms with Crippen LogP contribution >= 0.6 is 11.8 Å². The minimum absolute atomic E-state index is 0.0974. The third kappa shape index (κ3) is 10.0. The number of nitrogens with two attached hydrogens (primary N) is 1. The molecular formula is C40H64N4O12S. The molecule has 3 saturated heterocycles. The van der Waals surface area contributed by atoms with Crippen LogP contribution in [0.15, 0.2) is 17.1 Å². The number of nitrogens with zero attached hydrogens (tertiary/aromatic N) is 3. The minimum atomic E-state index is -1.41. The number of ketones is 1. The number of rotatable bonds is 10. The molecule has 0 unspecified atom stereocenters. The molecule has 0 aromatic carbocycles. The summed E-state index contributed by atoms with van der Waals surface area (Å²) in [7, 11) is 5.25. The molecular weight excluding hydrogens is 761 g/mol. The Morgan fingerprint density at radius 1 is 1.11 bits per heavy atom. The molecule has 3 aliphatic rings. The first-order valence-corrected chi connectivity index (χ1v) is 20.9. The Hall–Kier alpha value is -3.09. The predicted molar refractivity (Wildman–Crippen MR) is 212 cm³/mol. The molecule has 1 aromatic heterocycles. The van der Waals surface area contributed by atoms with Crippen molar-refractivity contribution in [3.63, 3.8) is 0 Å². The lowest BCUT2D eigenvalue weighted by molar-refractivity contribution is -0.303. The maximum absolute atomic E-state index is 14.7. The Labute approximate surface area is 340 Å². The van der Waals surface area contributed by atoms with E-state index in [1.165, 1.54) is 42.6 Å². The second-order valence-corrected chi connectivity index (χ2v) is 18.0. The lowest BCUT2D eigenvalue weighted by Gasteiger charge is -2.48. The van der Waals surface area contributed by atoms with Crippen molar-refractivity contribution in [1.29, 1.82) is 0 Å². The summed E-state index contributed by atoms with van der Waals surface area (Å²) in [5.74, 6) is -5.66. The molecule has 322 valence electrons. The number of hydrogen-bond acceptors (Lipinski definition) is 16. The van der Waals surface area contributed by atoms with Crippen LogP contribution in [0.5, 0.6) is 0 Å². The number of hydrogen-bond donors (Lipinski definition) is 2. The van der Waals surface area contributed by atoms with Gasteiger partial charge in [0, 0.05) is 56.2 Å². The Balaban J connectivity index is 1.76. The number of aliphatic hydroxyl groups is 1. The van der Waals surface area contributed by atoms with Crippen LogP contribution in [0.1, 0.15) is 81.6 Å². The SMILES string of the molecule is CC[C@H]1OC(=O)[C@H](C)[C@@H](O)[C@H](C)[C@@H](O[C@@H]2O[C@H](C)C[C@H](N(C)C)[C@H]2OC(C)=O)[C@](C)(OC)C[C@@H](C)C(=O)[C@H](C)[C@H]2[C@H](SCCn3ccc(N)nc3=O)C(=O)O[C@@]21C. The van der Waals surface area contributed by atoms with E-state index in [1.54, 1.807) is 48.5 Å². The number of Topliss-reactive ketones (excluding diaryl/α,β-unsaturated/α-hetero) is 1. The van der Waals surface area contributed by atoms with Gasteiger partial charge in [0.2, 0.25) is 0 Å². The summed E-state index contributed by atoms with van der Waals surface area (Å²) in [4.78, 5) is 73.1. The third-order valence-corrected chi connectivity index (χ3v) is 13.6. The number of likely N-dealkylation sites (N-methyl/N-ethyl adjacent to an activating group) is 1. The third-order valence-electron chi connectivity index (χ3n) is 12.3. The number of nitrogen functional groups attached to an aromatic ring is 1. The van der Waals surface area contributed by atoms with Gasteiger partial charge in [0.1, 0.15) is 23.0 Å². The summed E-state index contributed by atoms with van der Waals surface area (Å²) in [5, 5.41) is 11.1. The van der Waals surface area contributed by atoms with E-state index >= 15 is 0 Å². The summed E-state index contributed by atoms with van der Waals surface area (Å²) < 4.78 is 38.9. The number of methoxy groups -OCH3 is 1. The van der Waals surface area contributed by atoms with Crippen molar-refractivity contribution in [2.24, 2.45) is 29.6 Å². The summed E-state index contributed by atoms with van der Waals surface area (Å²) in [5.41, 5.74) is 2.45. The molecule has 0 spiro atoms. The molecule has 15 atom stereocenters.